The zero-order chi connectivity index (χ0) is 13.4. The van der Waals surface area contributed by atoms with Gasteiger partial charge in [0.2, 0.25) is 0 Å². The van der Waals surface area contributed by atoms with Crippen LogP contribution in [-0.4, -0.2) is 5.11 Å². The van der Waals surface area contributed by atoms with Crippen molar-refractivity contribution in [3.63, 3.8) is 0 Å². The molecule has 0 heterocycles. The first-order chi connectivity index (χ1) is 7.53. The molecule has 0 bridgehead atoms. The summed E-state index contributed by atoms with van der Waals surface area (Å²) in [6.07, 6.45) is -5.83. The van der Waals surface area contributed by atoms with Crippen molar-refractivity contribution in [3.8, 4) is 0 Å². The van der Waals surface area contributed by atoms with Gasteiger partial charge in [-0.2, -0.15) is 13.2 Å². The van der Waals surface area contributed by atoms with Crippen LogP contribution in [-0.2, 0) is 6.18 Å². The highest BCUT2D eigenvalue weighted by Crippen LogP contribution is 2.37. The number of aliphatic hydroxyl groups is 1. The van der Waals surface area contributed by atoms with Gasteiger partial charge in [-0.1, -0.05) is 20.8 Å². The normalized spacial score (nSPS) is 14.8. The summed E-state index contributed by atoms with van der Waals surface area (Å²) in [6.45, 7) is 4.87. The van der Waals surface area contributed by atoms with E-state index in [4.69, 9.17) is 0 Å². The second-order valence-corrected chi connectivity index (χ2v) is 5.00. The van der Waals surface area contributed by atoms with Gasteiger partial charge in [-0.25, -0.2) is 4.39 Å². The van der Waals surface area contributed by atoms with E-state index in [9.17, 15) is 22.7 Å². The van der Waals surface area contributed by atoms with Crippen LogP contribution in [0.1, 0.15) is 38.0 Å². The van der Waals surface area contributed by atoms with Crippen molar-refractivity contribution in [1.29, 1.82) is 0 Å². The van der Waals surface area contributed by atoms with Crippen LogP contribution in [0, 0.1) is 11.2 Å². The number of alkyl halides is 3. The first-order valence-corrected chi connectivity index (χ1v) is 5.08. The Kier molecular flexibility index (Phi) is 3.52. The minimum absolute atomic E-state index is 0.327. The van der Waals surface area contributed by atoms with E-state index in [-0.39, 0.29) is 5.56 Å². The van der Waals surface area contributed by atoms with Crippen LogP contribution in [0.25, 0.3) is 0 Å². The van der Waals surface area contributed by atoms with E-state index in [1.54, 1.807) is 20.8 Å². The molecule has 0 aliphatic heterocycles. The van der Waals surface area contributed by atoms with Crippen molar-refractivity contribution in [2.75, 3.05) is 0 Å². The van der Waals surface area contributed by atoms with Gasteiger partial charge in [0.25, 0.3) is 0 Å². The highest BCUT2D eigenvalue weighted by atomic mass is 19.4. The third-order valence-corrected chi connectivity index (χ3v) is 2.44. The third kappa shape index (κ3) is 3.19. The number of hydrogen-bond acceptors (Lipinski definition) is 1. The zero-order valence-corrected chi connectivity index (χ0v) is 9.77. The monoisotopic (exact) mass is 250 g/mol. The maximum absolute atomic E-state index is 13.4. The number of benzene rings is 1. The lowest BCUT2D eigenvalue weighted by molar-refractivity contribution is -0.137. The molecule has 0 saturated carbocycles. The summed E-state index contributed by atoms with van der Waals surface area (Å²) in [4.78, 5) is 0. The van der Waals surface area contributed by atoms with Crippen LogP contribution in [0.4, 0.5) is 17.6 Å². The van der Waals surface area contributed by atoms with Crippen LogP contribution in [0.2, 0.25) is 0 Å². The number of hydrogen-bond donors (Lipinski definition) is 1. The van der Waals surface area contributed by atoms with Crippen LogP contribution in [0.15, 0.2) is 18.2 Å². The van der Waals surface area contributed by atoms with Crippen molar-refractivity contribution >= 4 is 0 Å². The molecule has 0 aliphatic rings. The smallest absolute Gasteiger partial charge is 0.388 e. The molecule has 96 valence electrons. The topological polar surface area (TPSA) is 20.2 Å². The third-order valence-electron chi connectivity index (χ3n) is 2.44. The lowest BCUT2D eigenvalue weighted by Gasteiger charge is -2.27. The lowest BCUT2D eigenvalue weighted by Crippen LogP contribution is -2.20. The van der Waals surface area contributed by atoms with E-state index in [1.807, 2.05) is 0 Å². The van der Waals surface area contributed by atoms with Crippen molar-refractivity contribution < 1.29 is 22.7 Å². The van der Waals surface area contributed by atoms with Gasteiger partial charge < -0.3 is 5.11 Å². The van der Waals surface area contributed by atoms with Crippen LogP contribution < -0.4 is 0 Å². The Bertz CT molecular complexity index is 404. The quantitative estimate of drug-likeness (QED) is 0.749. The summed E-state index contributed by atoms with van der Waals surface area (Å²) >= 11 is 0. The molecule has 5 heteroatoms. The largest absolute Gasteiger partial charge is 0.416 e. The molecule has 1 aromatic carbocycles. The maximum atomic E-state index is 13.4. The fraction of sp³-hybridized carbons (Fsp3) is 0.500. The molecule has 1 aromatic rings. The first-order valence-electron chi connectivity index (χ1n) is 5.08. The Morgan fingerprint density at radius 3 is 2.06 bits per heavy atom. The van der Waals surface area contributed by atoms with Crippen LogP contribution in [0.5, 0.6) is 0 Å². The Morgan fingerprint density at radius 1 is 1.12 bits per heavy atom. The molecule has 0 aromatic heterocycles. The summed E-state index contributed by atoms with van der Waals surface area (Å²) in [6, 6.07) is 2.05. The second-order valence-electron chi connectivity index (χ2n) is 5.00. The highest BCUT2D eigenvalue weighted by molar-refractivity contribution is 5.29. The van der Waals surface area contributed by atoms with Gasteiger partial charge in [0.1, 0.15) is 5.82 Å². The molecular formula is C12H14F4O. The van der Waals surface area contributed by atoms with Gasteiger partial charge in [0.05, 0.1) is 11.7 Å². The van der Waals surface area contributed by atoms with Crippen molar-refractivity contribution in [2.24, 2.45) is 5.41 Å². The molecule has 17 heavy (non-hydrogen) atoms. The Balaban J connectivity index is 3.25. The standard InChI is InChI=1S/C12H14F4O/c1-11(2,3)10(17)8-6-7(12(14,15)16)4-5-9(8)13/h4-6,10,17H,1-3H3. The van der Waals surface area contributed by atoms with Gasteiger partial charge in [-0.15, -0.1) is 0 Å². The summed E-state index contributed by atoms with van der Waals surface area (Å²) in [5, 5.41) is 9.82. The maximum Gasteiger partial charge on any atom is 0.416 e. The molecule has 0 amide bonds. The summed E-state index contributed by atoms with van der Waals surface area (Å²) in [5.41, 5.74) is -2.02. The predicted octanol–water partition coefficient (Wildman–Crippen LogP) is 3.92. The van der Waals surface area contributed by atoms with Gasteiger partial charge in [-0.3, -0.25) is 0 Å². The van der Waals surface area contributed by atoms with Gasteiger partial charge in [0, 0.05) is 5.56 Å². The number of aliphatic hydroxyl groups excluding tert-OH is 1. The molecule has 0 saturated heterocycles. The minimum Gasteiger partial charge on any atom is -0.388 e. The van der Waals surface area contributed by atoms with Crippen molar-refractivity contribution in [3.05, 3.63) is 35.1 Å². The average molecular weight is 250 g/mol. The molecule has 0 aliphatic carbocycles. The fourth-order valence-corrected chi connectivity index (χ4v) is 1.40. The molecule has 1 rings (SSSR count). The SMILES string of the molecule is CC(C)(C)C(O)c1cc(C(F)(F)F)ccc1F. The number of rotatable bonds is 1. The first kappa shape index (κ1) is 14.0. The Morgan fingerprint density at radius 2 is 1.65 bits per heavy atom. The second kappa shape index (κ2) is 4.29. The van der Waals surface area contributed by atoms with Crippen LogP contribution in [0.3, 0.4) is 0 Å². The van der Waals surface area contributed by atoms with E-state index >= 15 is 0 Å². The van der Waals surface area contributed by atoms with E-state index in [0.29, 0.717) is 12.1 Å². The summed E-state index contributed by atoms with van der Waals surface area (Å²) in [7, 11) is 0. The lowest BCUT2D eigenvalue weighted by atomic mass is 9.84. The molecule has 1 atom stereocenters. The van der Waals surface area contributed by atoms with Crippen LogP contribution >= 0.6 is 0 Å². The highest BCUT2D eigenvalue weighted by Gasteiger charge is 2.33. The zero-order valence-electron chi connectivity index (χ0n) is 9.77. The number of halogens is 4. The molecule has 1 N–H and O–H groups in total. The molecular weight excluding hydrogens is 236 g/mol. The molecule has 1 nitrogen and oxygen atoms in total. The van der Waals surface area contributed by atoms with E-state index < -0.39 is 29.1 Å². The average Bonchev–Trinajstić information content (AvgIpc) is 2.14. The molecule has 1 unspecified atom stereocenters. The van der Waals surface area contributed by atoms with Crippen molar-refractivity contribution in [1.82, 2.24) is 0 Å². The predicted molar refractivity (Wildman–Crippen MR) is 55.8 cm³/mol. The molecule has 0 fully saturated rings. The van der Waals surface area contributed by atoms with Gasteiger partial charge in [0.15, 0.2) is 0 Å². The molecule has 0 radical (unpaired) electrons. The minimum atomic E-state index is -4.54. The van der Waals surface area contributed by atoms with E-state index in [1.165, 1.54) is 0 Å². The Labute approximate surface area is 97.1 Å². The summed E-state index contributed by atoms with van der Waals surface area (Å²) in [5.74, 6) is -0.833. The molecule has 0 spiro atoms. The van der Waals surface area contributed by atoms with Crippen molar-refractivity contribution in [2.45, 2.75) is 33.1 Å². The van der Waals surface area contributed by atoms with E-state index in [0.717, 1.165) is 6.07 Å². The van der Waals surface area contributed by atoms with Gasteiger partial charge >= 0.3 is 6.18 Å². The Hall–Kier alpha value is -1.10. The summed E-state index contributed by atoms with van der Waals surface area (Å²) < 4.78 is 50.8. The van der Waals surface area contributed by atoms with E-state index in [2.05, 4.69) is 0 Å². The fourth-order valence-electron chi connectivity index (χ4n) is 1.40. The van der Waals surface area contributed by atoms with Gasteiger partial charge in [-0.05, 0) is 23.6 Å².